The maximum absolute atomic E-state index is 12.7. The summed E-state index contributed by atoms with van der Waals surface area (Å²) in [6.45, 7) is 2.20. The SMILES string of the molecule is CCOc1cc(/C=C2\SC(=S)N(NC(=O)c3cccc(Cl)c3)C2=O)ccc1O. The highest BCUT2D eigenvalue weighted by atomic mass is 35.5. The number of hydrazine groups is 1. The van der Waals surface area contributed by atoms with E-state index in [1.807, 2.05) is 0 Å². The number of phenols is 1. The van der Waals surface area contributed by atoms with Crippen molar-refractivity contribution in [2.45, 2.75) is 6.92 Å². The number of amides is 2. The van der Waals surface area contributed by atoms with Gasteiger partial charge in [0.2, 0.25) is 0 Å². The average molecular weight is 435 g/mol. The van der Waals surface area contributed by atoms with Gasteiger partial charge in [-0.3, -0.25) is 15.0 Å². The molecule has 0 spiro atoms. The van der Waals surface area contributed by atoms with Crippen LogP contribution in [0.15, 0.2) is 47.4 Å². The van der Waals surface area contributed by atoms with Gasteiger partial charge in [0.1, 0.15) is 0 Å². The molecule has 0 bridgehead atoms. The average Bonchev–Trinajstić information content (AvgIpc) is 2.92. The van der Waals surface area contributed by atoms with Crippen molar-refractivity contribution in [3.63, 3.8) is 0 Å². The summed E-state index contributed by atoms with van der Waals surface area (Å²) in [6.07, 6.45) is 1.62. The molecule has 2 aromatic carbocycles. The molecular weight excluding hydrogens is 420 g/mol. The third-order valence-electron chi connectivity index (χ3n) is 3.68. The minimum atomic E-state index is -0.497. The van der Waals surface area contributed by atoms with Crippen molar-refractivity contribution >= 4 is 57.8 Å². The van der Waals surface area contributed by atoms with E-state index in [1.54, 1.807) is 43.3 Å². The zero-order valence-corrected chi connectivity index (χ0v) is 17.0. The molecule has 1 saturated heterocycles. The molecule has 0 unspecified atom stereocenters. The molecule has 0 aliphatic carbocycles. The maximum atomic E-state index is 12.7. The summed E-state index contributed by atoms with van der Waals surface area (Å²) in [6, 6.07) is 11.1. The van der Waals surface area contributed by atoms with E-state index in [0.717, 1.165) is 16.8 Å². The third-order valence-corrected chi connectivity index (χ3v) is 5.21. The van der Waals surface area contributed by atoms with E-state index in [0.29, 0.717) is 33.4 Å². The van der Waals surface area contributed by atoms with Crippen LogP contribution in [0.2, 0.25) is 5.02 Å². The smallest absolute Gasteiger partial charge is 0.285 e. The van der Waals surface area contributed by atoms with E-state index >= 15 is 0 Å². The Kier molecular flexibility index (Phi) is 6.23. The number of ether oxygens (including phenoxy) is 1. The first-order valence-electron chi connectivity index (χ1n) is 8.19. The first-order chi connectivity index (χ1) is 13.4. The zero-order valence-electron chi connectivity index (χ0n) is 14.6. The molecule has 0 atom stereocenters. The van der Waals surface area contributed by atoms with Crippen molar-refractivity contribution < 1.29 is 19.4 Å². The van der Waals surface area contributed by atoms with E-state index in [9.17, 15) is 14.7 Å². The topological polar surface area (TPSA) is 78.9 Å². The van der Waals surface area contributed by atoms with Crippen molar-refractivity contribution in [3.8, 4) is 11.5 Å². The number of rotatable bonds is 5. The van der Waals surface area contributed by atoms with Gasteiger partial charge >= 0.3 is 0 Å². The Morgan fingerprint density at radius 1 is 1.36 bits per heavy atom. The predicted octanol–water partition coefficient (Wildman–Crippen LogP) is 3.99. The van der Waals surface area contributed by atoms with E-state index in [1.165, 1.54) is 12.1 Å². The molecule has 9 heteroatoms. The molecule has 2 N–H and O–H groups in total. The second-order valence-corrected chi connectivity index (χ2v) is 7.74. The molecule has 2 amide bonds. The molecule has 1 fully saturated rings. The number of hydrogen-bond donors (Lipinski definition) is 2. The summed E-state index contributed by atoms with van der Waals surface area (Å²) < 4.78 is 5.55. The lowest BCUT2D eigenvalue weighted by Gasteiger charge is -2.15. The van der Waals surface area contributed by atoms with Crippen molar-refractivity contribution in [1.29, 1.82) is 0 Å². The molecule has 6 nitrogen and oxygen atoms in total. The van der Waals surface area contributed by atoms with E-state index in [-0.39, 0.29) is 10.1 Å². The normalized spacial score (nSPS) is 15.2. The Morgan fingerprint density at radius 3 is 2.86 bits per heavy atom. The Hall–Kier alpha value is -2.55. The molecule has 2 aromatic rings. The maximum Gasteiger partial charge on any atom is 0.285 e. The molecular formula is C19H15ClN2O4S2. The predicted molar refractivity (Wildman–Crippen MR) is 113 cm³/mol. The molecule has 0 saturated carbocycles. The van der Waals surface area contributed by atoms with Gasteiger partial charge in [-0.05, 0) is 61.1 Å². The fourth-order valence-electron chi connectivity index (χ4n) is 2.40. The van der Waals surface area contributed by atoms with Gasteiger partial charge in [-0.25, -0.2) is 0 Å². The fraction of sp³-hybridized carbons (Fsp3) is 0.105. The monoisotopic (exact) mass is 434 g/mol. The van der Waals surface area contributed by atoms with Crippen LogP contribution in [0.5, 0.6) is 11.5 Å². The lowest BCUT2D eigenvalue weighted by atomic mass is 10.2. The van der Waals surface area contributed by atoms with Crippen LogP contribution in [0.25, 0.3) is 6.08 Å². The van der Waals surface area contributed by atoms with Gasteiger partial charge in [-0.1, -0.05) is 35.5 Å². The second kappa shape index (κ2) is 8.64. The number of aromatic hydroxyl groups is 1. The van der Waals surface area contributed by atoms with Crippen LogP contribution in [-0.2, 0) is 4.79 Å². The Morgan fingerprint density at radius 2 is 2.14 bits per heavy atom. The number of thioether (sulfide) groups is 1. The lowest BCUT2D eigenvalue weighted by molar-refractivity contribution is -0.123. The summed E-state index contributed by atoms with van der Waals surface area (Å²) in [7, 11) is 0. The van der Waals surface area contributed by atoms with Crippen molar-refractivity contribution in [1.82, 2.24) is 10.4 Å². The summed E-state index contributed by atoms with van der Waals surface area (Å²) in [5, 5.41) is 11.2. The van der Waals surface area contributed by atoms with E-state index in [2.05, 4.69) is 5.43 Å². The standard InChI is InChI=1S/C19H15ClN2O4S2/c1-2-26-15-8-11(6-7-14(15)23)9-16-18(25)22(19(27)28-16)21-17(24)12-4-3-5-13(20)10-12/h3-10,23H,2H2,1H3,(H,21,24)/b16-9-. The van der Waals surface area contributed by atoms with Gasteiger partial charge in [0.15, 0.2) is 15.8 Å². The zero-order chi connectivity index (χ0) is 20.3. The van der Waals surface area contributed by atoms with E-state index in [4.69, 9.17) is 28.6 Å². The van der Waals surface area contributed by atoms with Gasteiger partial charge < -0.3 is 9.84 Å². The molecule has 0 radical (unpaired) electrons. The summed E-state index contributed by atoms with van der Waals surface area (Å²) in [5.74, 6) is -0.610. The van der Waals surface area contributed by atoms with Gasteiger partial charge in [0, 0.05) is 10.6 Å². The molecule has 1 heterocycles. The number of nitrogens with one attached hydrogen (secondary N) is 1. The summed E-state index contributed by atoms with van der Waals surface area (Å²) in [5.41, 5.74) is 3.46. The highest BCUT2D eigenvalue weighted by Crippen LogP contribution is 2.33. The van der Waals surface area contributed by atoms with Crippen LogP contribution in [0, 0.1) is 0 Å². The largest absolute Gasteiger partial charge is 0.504 e. The van der Waals surface area contributed by atoms with Crippen molar-refractivity contribution in [2.75, 3.05) is 6.61 Å². The van der Waals surface area contributed by atoms with Crippen LogP contribution in [0.4, 0.5) is 0 Å². The number of thiocarbonyl (C=S) groups is 1. The molecule has 28 heavy (non-hydrogen) atoms. The molecule has 1 aliphatic heterocycles. The lowest BCUT2D eigenvalue weighted by Crippen LogP contribution is -2.44. The van der Waals surface area contributed by atoms with Crippen LogP contribution < -0.4 is 10.2 Å². The minimum Gasteiger partial charge on any atom is -0.504 e. The Labute approximate surface area is 176 Å². The van der Waals surface area contributed by atoms with Crippen LogP contribution >= 0.6 is 35.6 Å². The number of benzene rings is 2. The highest BCUT2D eigenvalue weighted by molar-refractivity contribution is 8.26. The first-order valence-corrected chi connectivity index (χ1v) is 9.79. The van der Waals surface area contributed by atoms with Gasteiger partial charge in [-0.2, -0.15) is 5.01 Å². The molecule has 3 rings (SSSR count). The van der Waals surface area contributed by atoms with Gasteiger partial charge in [0.25, 0.3) is 11.8 Å². The minimum absolute atomic E-state index is 0.0142. The first kappa shape index (κ1) is 20.2. The van der Waals surface area contributed by atoms with Crippen molar-refractivity contribution in [3.05, 3.63) is 63.5 Å². The Balaban J connectivity index is 1.79. The number of phenolic OH excluding ortho intramolecular Hbond substituents is 1. The van der Waals surface area contributed by atoms with Crippen LogP contribution in [0.3, 0.4) is 0 Å². The molecule has 144 valence electrons. The fourth-order valence-corrected chi connectivity index (χ4v) is 3.77. The number of halogens is 1. The molecule has 1 aliphatic rings. The number of carbonyl (C=O) groups excluding carboxylic acids is 2. The quantitative estimate of drug-likeness (QED) is 0.547. The third kappa shape index (κ3) is 4.46. The highest BCUT2D eigenvalue weighted by Gasteiger charge is 2.33. The number of hydrogen-bond acceptors (Lipinski definition) is 6. The van der Waals surface area contributed by atoms with Crippen molar-refractivity contribution in [2.24, 2.45) is 0 Å². The van der Waals surface area contributed by atoms with Gasteiger partial charge in [0.05, 0.1) is 11.5 Å². The summed E-state index contributed by atoms with van der Waals surface area (Å²) >= 11 is 12.2. The second-order valence-electron chi connectivity index (χ2n) is 5.63. The molecule has 0 aromatic heterocycles. The number of nitrogens with zero attached hydrogens (tertiary/aromatic N) is 1. The van der Waals surface area contributed by atoms with Crippen LogP contribution in [0.1, 0.15) is 22.8 Å². The number of carbonyl (C=O) groups is 2. The Bertz CT molecular complexity index is 994. The summed E-state index contributed by atoms with van der Waals surface area (Å²) in [4.78, 5) is 25.4. The van der Waals surface area contributed by atoms with E-state index < -0.39 is 11.8 Å². The van der Waals surface area contributed by atoms with Crippen LogP contribution in [-0.4, -0.2) is 32.9 Å². The van der Waals surface area contributed by atoms with Gasteiger partial charge in [-0.15, -0.1) is 0 Å².